The lowest BCUT2D eigenvalue weighted by molar-refractivity contribution is -0.264. The van der Waals surface area contributed by atoms with E-state index in [2.05, 4.69) is 45.6 Å². The van der Waals surface area contributed by atoms with Gasteiger partial charge in [-0.1, -0.05) is 54.1 Å². The second-order valence-electron chi connectivity index (χ2n) is 12.6. The molecule has 1 saturated heterocycles. The summed E-state index contributed by atoms with van der Waals surface area (Å²) in [4.78, 5) is 29.4. The maximum atomic E-state index is 14.0. The predicted molar refractivity (Wildman–Crippen MR) is 170 cm³/mol. The summed E-state index contributed by atoms with van der Waals surface area (Å²) in [5.74, 6) is -0.102. The average molecular weight is 585 g/mol. The fraction of sp³-hybridized carbons (Fsp3) is 0.278. The van der Waals surface area contributed by atoms with Gasteiger partial charge in [0.05, 0.1) is 33.7 Å². The lowest BCUT2D eigenvalue weighted by atomic mass is 9.91. The molecule has 4 aromatic carbocycles. The molecule has 2 amide bonds. The Kier molecular flexibility index (Phi) is 5.11. The fourth-order valence-corrected chi connectivity index (χ4v) is 8.44. The highest BCUT2D eigenvalue weighted by Crippen LogP contribution is 2.54. The molecule has 220 valence electrons. The SMILES string of the molecule is CO[C@@H]1[C@H](N(C)C(=O)c2ccc(C)cc2)C[C@H]2O[C@]1(C)n1c3ccccc3c3c4c(c5c6ccccc6n2c5c31)C(=O)NC4. The minimum Gasteiger partial charge on any atom is -0.374 e. The summed E-state index contributed by atoms with van der Waals surface area (Å²) in [6, 6.07) is 24.0. The number of para-hydroxylation sites is 2. The summed E-state index contributed by atoms with van der Waals surface area (Å²) in [7, 11) is 3.58. The first-order valence-corrected chi connectivity index (χ1v) is 15.2. The van der Waals surface area contributed by atoms with Crippen LogP contribution < -0.4 is 5.32 Å². The van der Waals surface area contributed by atoms with Gasteiger partial charge in [0, 0.05) is 54.2 Å². The lowest BCUT2D eigenvalue weighted by Crippen LogP contribution is -2.61. The number of ether oxygens (including phenoxy) is 2. The van der Waals surface area contributed by atoms with Crippen molar-refractivity contribution < 1.29 is 19.1 Å². The normalized spacial score (nSPS) is 23.9. The molecule has 0 aliphatic carbocycles. The van der Waals surface area contributed by atoms with E-state index in [1.165, 1.54) is 0 Å². The number of fused-ring (bicyclic) bond motifs is 13. The maximum Gasteiger partial charge on any atom is 0.253 e. The smallest absolute Gasteiger partial charge is 0.253 e. The zero-order valence-electron chi connectivity index (χ0n) is 25.0. The van der Waals surface area contributed by atoms with Crippen molar-refractivity contribution in [3.63, 3.8) is 0 Å². The molecule has 2 aromatic heterocycles. The molecule has 3 aliphatic heterocycles. The second kappa shape index (κ2) is 8.71. The van der Waals surface area contributed by atoms with E-state index < -0.39 is 18.1 Å². The van der Waals surface area contributed by atoms with E-state index in [-0.39, 0.29) is 17.9 Å². The molecule has 0 saturated carbocycles. The van der Waals surface area contributed by atoms with Crippen LogP contribution in [0.15, 0.2) is 72.8 Å². The Labute approximate surface area is 253 Å². The zero-order chi connectivity index (χ0) is 30.1. The van der Waals surface area contributed by atoms with Gasteiger partial charge < -0.3 is 28.8 Å². The molecule has 9 rings (SSSR count). The Hall–Kier alpha value is -4.66. The van der Waals surface area contributed by atoms with Gasteiger partial charge in [-0.15, -0.1) is 0 Å². The minimum absolute atomic E-state index is 0.0444. The molecule has 3 aliphatic rings. The van der Waals surface area contributed by atoms with Crippen LogP contribution in [0, 0.1) is 6.92 Å². The zero-order valence-corrected chi connectivity index (χ0v) is 25.0. The Morgan fingerprint density at radius 3 is 2.39 bits per heavy atom. The highest BCUT2D eigenvalue weighted by molar-refractivity contribution is 6.31. The first kappa shape index (κ1) is 25.8. The van der Waals surface area contributed by atoms with Gasteiger partial charge in [0.2, 0.25) is 0 Å². The van der Waals surface area contributed by atoms with Crippen molar-refractivity contribution in [3.8, 4) is 0 Å². The van der Waals surface area contributed by atoms with Crippen LogP contribution in [0.1, 0.15) is 51.4 Å². The Morgan fingerprint density at radius 2 is 1.66 bits per heavy atom. The number of likely N-dealkylation sites (N-methyl/N-ethyl adjacent to an activating group) is 1. The summed E-state index contributed by atoms with van der Waals surface area (Å²) in [5.41, 5.74) is 6.57. The number of rotatable bonds is 3. The van der Waals surface area contributed by atoms with Crippen molar-refractivity contribution in [2.24, 2.45) is 0 Å². The third-order valence-electron chi connectivity index (χ3n) is 10.3. The Balaban J connectivity index is 1.40. The van der Waals surface area contributed by atoms with Gasteiger partial charge in [-0.3, -0.25) is 9.59 Å². The number of methoxy groups -OCH3 is 1. The molecule has 8 heteroatoms. The van der Waals surface area contributed by atoms with Gasteiger partial charge in [0.1, 0.15) is 12.3 Å². The van der Waals surface area contributed by atoms with Crippen molar-refractivity contribution in [2.75, 3.05) is 14.2 Å². The van der Waals surface area contributed by atoms with Crippen LogP contribution in [0.5, 0.6) is 0 Å². The molecule has 0 spiro atoms. The first-order chi connectivity index (χ1) is 21.3. The van der Waals surface area contributed by atoms with Gasteiger partial charge in [0.15, 0.2) is 5.72 Å². The first-order valence-electron chi connectivity index (χ1n) is 15.2. The van der Waals surface area contributed by atoms with E-state index in [1.54, 1.807) is 7.11 Å². The fourth-order valence-electron chi connectivity index (χ4n) is 8.44. The predicted octanol–water partition coefficient (Wildman–Crippen LogP) is 6.22. The molecular weight excluding hydrogens is 552 g/mol. The van der Waals surface area contributed by atoms with Gasteiger partial charge in [-0.2, -0.15) is 0 Å². The van der Waals surface area contributed by atoms with E-state index in [0.717, 1.165) is 60.3 Å². The number of hydrogen-bond acceptors (Lipinski definition) is 4. The standard InChI is InChI=1S/C36H32N4O4/c1-19-13-15-20(16-14-19)35(42)38(3)26-17-27-39-24-11-7-5-9-21(24)29-30-23(18-37-34(30)41)28-22-10-6-8-12-25(22)40(32(28)31(29)39)36(2,44-27)33(26)43-4/h5-16,26-27,33H,17-18H2,1-4H3,(H,37,41)/t26-,27-,33-,36+/m1/s1. The second-order valence-corrected chi connectivity index (χ2v) is 12.6. The molecule has 5 heterocycles. The van der Waals surface area contributed by atoms with Crippen LogP contribution in [0.25, 0.3) is 43.6 Å². The van der Waals surface area contributed by atoms with Crippen molar-refractivity contribution in [2.45, 2.75) is 50.9 Å². The van der Waals surface area contributed by atoms with Crippen molar-refractivity contribution in [3.05, 3.63) is 95.1 Å². The number of nitrogens with zero attached hydrogens (tertiary/aromatic N) is 3. The van der Waals surface area contributed by atoms with E-state index in [1.807, 2.05) is 67.4 Å². The Morgan fingerprint density at radius 1 is 0.977 bits per heavy atom. The molecule has 0 unspecified atom stereocenters. The summed E-state index contributed by atoms with van der Waals surface area (Å²) >= 11 is 0. The lowest BCUT2D eigenvalue weighted by Gasteiger charge is -2.50. The minimum atomic E-state index is -0.983. The summed E-state index contributed by atoms with van der Waals surface area (Å²) in [5, 5.41) is 7.24. The number of nitrogens with one attached hydrogen (secondary N) is 1. The maximum absolute atomic E-state index is 14.0. The van der Waals surface area contributed by atoms with Crippen LogP contribution >= 0.6 is 0 Å². The summed E-state index contributed by atoms with van der Waals surface area (Å²) in [6.07, 6.45) is -0.392. The number of hydrogen-bond donors (Lipinski definition) is 1. The van der Waals surface area contributed by atoms with Gasteiger partial charge in [-0.05, 0) is 43.7 Å². The topological polar surface area (TPSA) is 77.7 Å². The molecule has 1 fully saturated rings. The Bertz CT molecular complexity index is 2230. The quantitative estimate of drug-likeness (QED) is 0.268. The number of aromatic nitrogens is 2. The van der Waals surface area contributed by atoms with E-state index in [4.69, 9.17) is 9.47 Å². The van der Waals surface area contributed by atoms with Crippen molar-refractivity contribution in [1.29, 1.82) is 0 Å². The number of amides is 2. The molecular formula is C36H32N4O4. The van der Waals surface area contributed by atoms with E-state index in [0.29, 0.717) is 18.5 Å². The van der Waals surface area contributed by atoms with Crippen LogP contribution in [0.2, 0.25) is 0 Å². The number of carbonyl (C=O) groups excluding carboxylic acids is 2. The van der Waals surface area contributed by atoms with E-state index >= 15 is 0 Å². The number of aryl methyl sites for hydroxylation is 1. The number of carbonyl (C=O) groups is 2. The number of benzene rings is 4. The van der Waals surface area contributed by atoms with Gasteiger partial charge in [-0.25, -0.2) is 0 Å². The molecule has 0 radical (unpaired) electrons. The van der Waals surface area contributed by atoms with Crippen molar-refractivity contribution >= 4 is 55.4 Å². The molecule has 2 bridgehead atoms. The largest absolute Gasteiger partial charge is 0.374 e. The van der Waals surface area contributed by atoms with Crippen LogP contribution in [-0.4, -0.2) is 52.2 Å². The molecule has 44 heavy (non-hydrogen) atoms. The van der Waals surface area contributed by atoms with E-state index in [9.17, 15) is 9.59 Å². The molecule has 8 nitrogen and oxygen atoms in total. The molecule has 6 aromatic rings. The highest BCUT2D eigenvalue weighted by Gasteiger charge is 2.55. The van der Waals surface area contributed by atoms with Gasteiger partial charge >= 0.3 is 0 Å². The third kappa shape index (κ3) is 3.04. The average Bonchev–Trinajstić information content (AvgIpc) is 3.68. The van der Waals surface area contributed by atoms with Crippen LogP contribution in [0.3, 0.4) is 0 Å². The molecule has 1 N–H and O–H groups in total. The van der Waals surface area contributed by atoms with Crippen molar-refractivity contribution in [1.82, 2.24) is 19.4 Å². The summed E-state index contributed by atoms with van der Waals surface area (Å²) in [6.45, 7) is 4.58. The monoisotopic (exact) mass is 584 g/mol. The highest BCUT2D eigenvalue weighted by atomic mass is 16.6. The van der Waals surface area contributed by atoms with Gasteiger partial charge in [0.25, 0.3) is 11.8 Å². The van der Waals surface area contributed by atoms with Crippen LogP contribution in [0.4, 0.5) is 0 Å². The molecule has 4 atom stereocenters. The third-order valence-corrected chi connectivity index (χ3v) is 10.3. The van der Waals surface area contributed by atoms with Crippen LogP contribution in [-0.2, 0) is 21.7 Å². The summed E-state index contributed by atoms with van der Waals surface area (Å²) < 4.78 is 18.2.